The lowest BCUT2D eigenvalue weighted by Gasteiger charge is -2.34. The Morgan fingerprint density at radius 2 is 1.50 bits per heavy atom. The number of hydrogen-bond donors (Lipinski definition) is 1. The van der Waals surface area contributed by atoms with Gasteiger partial charge in [-0.3, -0.25) is 13.9 Å². The fourth-order valence-electron chi connectivity index (χ4n) is 4.54. The molecule has 3 rings (SSSR count). The number of hydrogen-bond acceptors (Lipinski definition) is 4. The molecule has 40 heavy (non-hydrogen) atoms. The Morgan fingerprint density at radius 3 is 2.05 bits per heavy atom. The number of amides is 2. The van der Waals surface area contributed by atoms with E-state index in [9.17, 15) is 18.0 Å². The molecule has 2 amide bonds. The molecule has 214 valence electrons. The monoisotopic (exact) mass is 603 g/mol. The topological polar surface area (TPSA) is 86.8 Å². The van der Waals surface area contributed by atoms with Crippen molar-refractivity contribution in [2.75, 3.05) is 17.1 Å². The zero-order valence-corrected chi connectivity index (χ0v) is 25.6. The first-order valence-corrected chi connectivity index (χ1v) is 15.5. The molecule has 0 aliphatic rings. The van der Waals surface area contributed by atoms with Gasteiger partial charge in [0.25, 0.3) is 0 Å². The van der Waals surface area contributed by atoms with Crippen LogP contribution in [0.15, 0.2) is 66.7 Å². The third-order valence-corrected chi connectivity index (χ3v) is 8.26. The highest BCUT2D eigenvalue weighted by Gasteiger charge is 2.34. The quantitative estimate of drug-likeness (QED) is 0.312. The molecule has 0 radical (unpaired) electrons. The molecule has 0 aliphatic carbocycles. The Morgan fingerprint density at radius 1 is 0.875 bits per heavy atom. The molecule has 0 bridgehead atoms. The first kappa shape index (κ1) is 31.5. The number of nitrogens with zero attached hydrogens (tertiary/aromatic N) is 2. The maximum Gasteiger partial charge on any atom is 0.244 e. The van der Waals surface area contributed by atoms with Crippen molar-refractivity contribution in [3.8, 4) is 0 Å². The Balaban J connectivity index is 2.11. The number of rotatable bonds is 11. The maximum absolute atomic E-state index is 14.2. The number of para-hydroxylation sites is 1. The molecular formula is C30H35Cl2N3O4S. The van der Waals surface area contributed by atoms with Crippen LogP contribution in [0.1, 0.15) is 36.1 Å². The molecule has 0 aromatic heterocycles. The van der Waals surface area contributed by atoms with Gasteiger partial charge in [-0.25, -0.2) is 8.42 Å². The maximum atomic E-state index is 14.2. The minimum atomic E-state index is -3.85. The van der Waals surface area contributed by atoms with Gasteiger partial charge in [-0.1, -0.05) is 77.8 Å². The Hall–Kier alpha value is -3.07. The highest BCUT2D eigenvalue weighted by Crippen LogP contribution is 2.28. The molecule has 1 N–H and O–H groups in total. The molecule has 1 atom stereocenters. The van der Waals surface area contributed by atoms with Gasteiger partial charge < -0.3 is 10.2 Å². The van der Waals surface area contributed by atoms with E-state index in [2.05, 4.69) is 5.32 Å². The summed E-state index contributed by atoms with van der Waals surface area (Å²) in [5.41, 5.74) is 3.38. The number of benzene rings is 3. The number of sulfonamides is 1. The number of carbonyl (C=O) groups is 2. The fraction of sp³-hybridized carbons (Fsp3) is 0.333. The van der Waals surface area contributed by atoms with Gasteiger partial charge in [0.2, 0.25) is 21.8 Å². The predicted molar refractivity (Wildman–Crippen MR) is 162 cm³/mol. The molecule has 0 aliphatic heterocycles. The first-order valence-electron chi connectivity index (χ1n) is 12.9. The van der Waals surface area contributed by atoms with E-state index in [4.69, 9.17) is 23.2 Å². The van der Waals surface area contributed by atoms with Gasteiger partial charge in [0.05, 0.1) is 22.0 Å². The fourth-order valence-corrected chi connectivity index (χ4v) is 5.83. The third kappa shape index (κ3) is 8.22. The second-order valence-corrected chi connectivity index (χ2v) is 12.9. The van der Waals surface area contributed by atoms with E-state index in [1.165, 1.54) is 4.90 Å². The van der Waals surface area contributed by atoms with E-state index < -0.39 is 28.5 Å². The summed E-state index contributed by atoms with van der Waals surface area (Å²) in [6, 6.07) is 18.7. The van der Waals surface area contributed by atoms with Gasteiger partial charge in [-0.15, -0.1) is 0 Å². The summed E-state index contributed by atoms with van der Waals surface area (Å²) in [5.74, 6) is -0.871. The zero-order chi connectivity index (χ0) is 29.6. The molecule has 7 nitrogen and oxygen atoms in total. The Bertz CT molecular complexity index is 1440. The van der Waals surface area contributed by atoms with Gasteiger partial charge in [-0.2, -0.15) is 0 Å². The number of nitrogens with one attached hydrogen (secondary N) is 1. The smallest absolute Gasteiger partial charge is 0.244 e. The average molecular weight is 605 g/mol. The van der Waals surface area contributed by atoms with Crippen LogP contribution in [-0.2, 0) is 32.6 Å². The lowest BCUT2D eigenvalue weighted by molar-refractivity contribution is -0.140. The largest absolute Gasteiger partial charge is 0.352 e. The molecule has 10 heteroatoms. The van der Waals surface area contributed by atoms with Crippen LogP contribution in [0.5, 0.6) is 0 Å². The van der Waals surface area contributed by atoms with Crippen molar-refractivity contribution < 1.29 is 18.0 Å². The number of carbonyl (C=O) groups excluding carboxylic acids is 2. The Kier molecular flexibility index (Phi) is 10.6. The van der Waals surface area contributed by atoms with E-state index in [0.29, 0.717) is 32.4 Å². The van der Waals surface area contributed by atoms with Crippen molar-refractivity contribution in [3.63, 3.8) is 0 Å². The Labute approximate surface area is 247 Å². The summed E-state index contributed by atoms with van der Waals surface area (Å²) in [7, 11) is -3.85. The summed E-state index contributed by atoms with van der Waals surface area (Å²) in [4.78, 5) is 29.2. The van der Waals surface area contributed by atoms with Crippen LogP contribution in [0.25, 0.3) is 0 Å². The molecule has 0 saturated heterocycles. The lowest BCUT2D eigenvalue weighted by Crippen LogP contribution is -2.54. The van der Waals surface area contributed by atoms with Crippen molar-refractivity contribution in [3.05, 3.63) is 99.0 Å². The molecule has 0 saturated carbocycles. The molecule has 0 spiro atoms. The van der Waals surface area contributed by atoms with Crippen LogP contribution in [0.3, 0.4) is 0 Å². The predicted octanol–water partition coefficient (Wildman–Crippen LogP) is 5.54. The minimum Gasteiger partial charge on any atom is -0.352 e. The number of anilines is 1. The minimum absolute atomic E-state index is 0.0170. The average Bonchev–Trinajstić information content (AvgIpc) is 2.87. The van der Waals surface area contributed by atoms with Crippen LogP contribution in [-0.4, -0.2) is 50.0 Å². The first-order chi connectivity index (χ1) is 18.8. The lowest BCUT2D eigenvalue weighted by atomic mass is 10.0. The van der Waals surface area contributed by atoms with E-state index in [0.717, 1.165) is 16.1 Å². The second kappa shape index (κ2) is 13.5. The number of aryl methyl sites for hydroxylation is 2. The molecular weight excluding hydrogens is 569 g/mol. The summed E-state index contributed by atoms with van der Waals surface area (Å²) >= 11 is 12.4. The van der Waals surface area contributed by atoms with Crippen molar-refractivity contribution in [1.29, 1.82) is 0 Å². The highest BCUT2D eigenvalue weighted by atomic mass is 35.5. The van der Waals surface area contributed by atoms with Crippen molar-refractivity contribution >= 4 is 50.7 Å². The van der Waals surface area contributed by atoms with Crippen molar-refractivity contribution in [2.45, 2.75) is 52.7 Å². The normalized spacial score (nSPS) is 12.2. The molecule has 3 aromatic rings. The molecule has 0 unspecified atom stereocenters. The molecule has 0 heterocycles. The van der Waals surface area contributed by atoms with Gasteiger partial charge in [0.1, 0.15) is 12.6 Å². The highest BCUT2D eigenvalue weighted by molar-refractivity contribution is 7.92. The van der Waals surface area contributed by atoms with Crippen LogP contribution < -0.4 is 9.62 Å². The zero-order valence-electron chi connectivity index (χ0n) is 23.3. The van der Waals surface area contributed by atoms with E-state index >= 15 is 0 Å². The van der Waals surface area contributed by atoms with Crippen LogP contribution >= 0.6 is 23.2 Å². The van der Waals surface area contributed by atoms with Crippen LogP contribution in [0, 0.1) is 13.8 Å². The summed E-state index contributed by atoms with van der Waals surface area (Å²) in [6.07, 6.45) is 1.30. The standard InChI is InChI=1S/C30H35Cl2N3O4S/c1-20(2)33-30(37)27(17-23-12-7-6-8-13-23)34(18-24-14-15-25(31)26(32)16-24)28(36)19-35(40(5,38)39)29-21(3)10-9-11-22(29)4/h6-16,20,27H,17-19H2,1-5H3,(H,33,37)/t27-/m1/s1. The summed E-state index contributed by atoms with van der Waals surface area (Å²) in [5, 5.41) is 3.60. The van der Waals surface area contributed by atoms with Gasteiger partial charge in [0, 0.05) is 19.0 Å². The summed E-state index contributed by atoms with van der Waals surface area (Å²) < 4.78 is 27.2. The second-order valence-electron chi connectivity index (χ2n) is 10.1. The van der Waals surface area contributed by atoms with Crippen LogP contribution in [0.4, 0.5) is 5.69 Å². The van der Waals surface area contributed by atoms with E-state index in [1.807, 2.05) is 50.2 Å². The molecule has 0 fully saturated rings. The summed E-state index contributed by atoms with van der Waals surface area (Å²) in [6.45, 7) is 6.82. The van der Waals surface area contributed by atoms with Crippen LogP contribution in [0.2, 0.25) is 10.0 Å². The third-order valence-electron chi connectivity index (χ3n) is 6.41. The van der Waals surface area contributed by atoms with Gasteiger partial charge in [0.15, 0.2) is 0 Å². The van der Waals surface area contributed by atoms with E-state index in [1.54, 1.807) is 44.2 Å². The van der Waals surface area contributed by atoms with Gasteiger partial charge >= 0.3 is 0 Å². The number of halogens is 2. The SMILES string of the molecule is Cc1cccc(C)c1N(CC(=O)N(Cc1ccc(Cl)c(Cl)c1)[C@H](Cc1ccccc1)C(=O)NC(C)C)S(C)(=O)=O. The van der Waals surface area contributed by atoms with Crippen molar-refractivity contribution in [1.82, 2.24) is 10.2 Å². The molecule has 3 aromatic carbocycles. The van der Waals surface area contributed by atoms with Gasteiger partial charge in [-0.05, 0) is 62.1 Å². The van der Waals surface area contributed by atoms with E-state index in [-0.39, 0.29) is 24.9 Å². The van der Waals surface area contributed by atoms with Crippen molar-refractivity contribution in [2.24, 2.45) is 0 Å².